The van der Waals surface area contributed by atoms with Gasteiger partial charge in [0.25, 0.3) is 0 Å². The SMILES string of the molecule is CN(Cc1cn(C)c2c(Cl)cccc12)C(=O)C=Cc1ccc(NCC(=O)O)nc1. The highest BCUT2D eigenvalue weighted by atomic mass is 35.5. The minimum Gasteiger partial charge on any atom is -0.480 e. The van der Waals surface area contributed by atoms with Crippen LogP contribution in [0.15, 0.2) is 48.8 Å². The van der Waals surface area contributed by atoms with Gasteiger partial charge in [-0.1, -0.05) is 23.7 Å². The van der Waals surface area contributed by atoms with E-state index in [0.717, 1.165) is 22.0 Å². The van der Waals surface area contributed by atoms with E-state index in [1.807, 2.05) is 36.0 Å². The number of hydrogen-bond donors (Lipinski definition) is 2. The second-order valence-electron chi connectivity index (χ2n) is 6.65. The number of anilines is 1. The lowest BCUT2D eigenvalue weighted by molar-refractivity contribution is -0.135. The van der Waals surface area contributed by atoms with Crippen LogP contribution in [-0.4, -0.2) is 45.0 Å². The summed E-state index contributed by atoms with van der Waals surface area (Å²) in [6, 6.07) is 9.17. The number of carbonyl (C=O) groups excluding carboxylic acids is 1. The Bertz CT molecular complexity index is 1070. The molecule has 1 aromatic carbocycles. The van der Waals surface area contributed by atoms with E-state index >= 15 is 0 Å². The zero-order chi connectivity index (χ0) is 21.0. The van der Waals surface area contributed by atoms with Crippen molar-refractivity contribution in [1.82, 2.24) is 14.5 Å². The first kappa shape index (κ1) is 20.4. The molecule has 1 amide bonds. The Balaban J connectivity index is 1.65. The number of likely N-dealkylation sites (N-methyl/N-ethyl adjacent to an activating group) is 1. The number of pyridine rings is 1. The van der Waals surface area contributed by atoms with Crippen molar-refractivity contribution in [2.24, 2.45) is 7.05 Å². The standard InChI is InChI=1S/C21H21ClN4O3/c1-25(12-15-13-26(2)21-16(15)4-3-5-17(21)22)19(27)9-7-14-6-8-18(23-10-14)24-11-20(28)29/h3-10,13H,11-12H2,1-2H3,(H,23,24)(H,28,29). The molecule has 0 unspecified atom stereocenters. The topological polar surface area (TPSA) is 87.5 Å². The molecule has 0 saturated carbocycles. The lowest BCUT2D eigenvalue weighted by atomic mass is 10.1. The first-order chi connectivity index (χ1) is 13.8. The molecule has 0 spiro atoms. The molecule has 8 heteroatoms. The van der Waals surface area contributed by atoms with E-state index in [9.17, 15) is 9.59 Å². The molecule has 0 saturated heterocycles. The number of rotatable bonds is 7. The van der Waals surface area contributed by atoms with E-state index < -0.39 is 5.97 Å². The maximum atomic E-state index is 12.5. The number of carbonyl (C=O) groups is 2. The molecular formula is C21H21ClN4O3. The molecule has 3 aromatic rings. The fourth-order valence-electron chi connectivity index (χ4n) is 3.03. The molecule has 2 aromatic heterocycles. The molecule has 0 aliphatic carbocycles. The maximum Gasteiger partial charge on any atom is 0.322 e. The third-order valence-electron chi connectivity index (χ3n) is 4.44. The summed E-state index contributed by atoms with van der Waals surface area (Å²) in [4.78, 5) is 28.8. The van der Waals surface area contributed by atoms with Gasteiger partial charge in [0.15, 0.2) is 0 Å². The summed E-state index contributed by atoms with van der Waals surface area (Å²) in [5.74, 6) is -0.641. The number of halogens is 1. The number of carboxylic acid groups (broad SMARTS) is 1. The number of nitrogens with one attached hydrogen (secondary N) is 1. The molecule has 150 valence electrons. The molecule has 3 rings (SSSR count). The largest absolute Gasteiger partial charge is 0.480 e. The summed E-state index contributed by atoms with van der Waals surface area (Å²) in [6.45, 7) is 0.252. The van der Waals surface area contributed by atoms with Gasteiger partial charge in [-0.15, -0.1) is 0 Å². The van der Waals surface area contributed by atoms with Crippen molar-refractivity contribution in [3.8, 4) is 0 Å². The van der Waals surface area contributed by atoms with E-state index in [1.54, 1.807) is 36.4 Å². The van der Waals surface area contributed by atoms with E-state index in [-0.39, 0.29) is 12.5 Å². The van der Waals surface area contributed by atoms with Crippen molar-refractivity contribution < 1.29 is 14.7 Å². The fraction of sp³-hybridized carbons (Fsp3) is 0.190. The van der Waals surface area contributed by atoms with Gasteiger partial charge in [-0.05, 0) is 35.4 Å². The maximum absolute atomic E-state index is 12.5. The van der Waals surface area contributed by atoms with Crippen molar-refractivity contribution in [2.75, 3.05) is 18.9 Å². The lowest BCUT2D eigenvalue weighted by Crippen LogP contribution is -2.24. The smallest absolute Gasteiger partial charge is 0.322 e. The number of amides is 1. The van der Waals surface area contributed by atoms with Gasteiger partial charge in [-0.25, -0.2) is 4.98 Å². The molecule has 0 fully saturated rings. The Morgan fingerprint density at radius 2 is 2.10 bits per heavy atom. The van der Waals surface area contributed by atoms with E-state index in [4.69, 9.17) is 16.7 Å². The van der Waals surface area contributed by atoms with Gasteiger partial charge in [0.1, 0.15) is 12.4 Å². The molecule has 0 aliphatic rings. The van der Waals surface area contributed by atoms with E-state index in [2.05, 4.69) is 10.3 Å². The fourth-order valence-corrected chi connectivity index (χ4v) is 3.34. The number of aliphatic carboxylic acids is 1. The highest BCUT2D eigenvalue weighted by Crippen LogP contribution is 2.28. The van der Waals surface area contributed by atoms with Gasteiger partial charge in [0, 0.05) is 44.5 Å². The van der Waals surface area contributed by atoms with Crippen LogP contribution < -0.4 is 5.32 Å². The van der Waals surface area contributed by atoms with Crippen molar-refractivity contribution >= 4 is 46.3 Å². The average Bonchev–Trinajstić information content (AvgIpc) is 3.01. The van der Waals surface area contributed by atoms with E-state index in [1.165, 1.54) is 6.08 Å². The van der Waals surface area contributed by atoms with Crippen LogP contribution in [0.4, 0.5) is 5.82 Å². The van der Waals surface area contributed by atoms with Crippen LogP contribution in [0.25, 0.3) is 17.0 Å². The second kappa shape index (κ2) is 8.79. The van der Waals surface area contributed by atoms with Crippen LogP contribution in [0, 0.1) is 0 Å². The number of nitrogens with zero attached hydrogens (tertiary/aromatic N) is 3. The lowest BCUT2D eigenvalue weighted by Gasteiger charge is -2.14. The zero-order valence-corrected chi connectivity index (χ0v) is 16.8. The molecule has 7 nitrogen and oxygen atoms in total. The highest BCUT2D eigenvalue weighted by molar-refractivity contribution is 6.35. The summed E-state index contributed by atoms with van der Waals surface area (Å²) in [5.41, 5.74) is 2.71. The van der Waals surface area contributed by atoms with Crippen LogP contribution in [0.5, 0.6) is 0 Å². The second-order valence-corrected chi connectivity index (χ2v) is 7.06. The Kier molecular flexibility index (Phi) is 6.19. The van der Waals surface area contributed by atoms with Crippen molar-refractivity contribution in [3.05, 3.63) is 65.0 Å². The van der Waals surface area contributed by atoms with Gasteiger partial charge in [0.05, 0.1) is 10.5 Å². The van der Waals surface area contributed by atoms with Crippen molar-refractivity contribution in [2.45, 2.75) is 6.54 Å². The van der Waals surface area contributed by atoms with Gasteiger partial charge in [0.2, 0.25) is 5.91 Å². The molecular weight excluding hydrogens is 392 g/mol. The molecule has 0 aliphatic heterocycles. The van der Waals surface area contributed by atoms with Gasteiger partial charge >= 0.3 is 5.97 Å². The van der Waals surface area contributed by atoms with Gasteiger partial charge in [-0.3, -0.25) is 9.59 Å². The first-order valence-corrected chi connectivity index (χ1v) is 9.30. The predicted octanol–water partition coefficient (Wildman–Crippen LogP) is 3.40. The number of aryl methyl sites for hydroxylation is 1. The number of carboxylic acids is 1. The summed E-state index contributed by atoms with van der Waals surface area (Å²) in [5, 5.41) is 13.0. The van der Waals surface area contributed by atoms with Crippen LogP contribution in [0.2, 0.25) is 5.02 Å². The molecule has 29 heavy (non-hydrogen) atoms. The summed E-state index contributed by atoms with van der Waals surface area (Å²) in [6.07, 6.45) is 6.71. The zero-order valence-electron chi connectivity index (χ0n) is 16.1. The number of fused-ring (bicyclic) bond motifs is 1. The molecule has 0 bridgehead atoms. The summed E-state index contributed by atoms with van der Waals surface area (Å²) < 4.78 is 1.97. The predicted molar refractivity (Wildman–Crippen MR) is 114 cm³/mol. The van der Waals surface area contributed by atoms with Crippen molar-refractivity contribution in [3.63, 3.8) is 0 Å². The Morgan fingerprint density at radius 3 is 2.79 bits per heavy atom. The van der Waals surface area contributed by atoms with Crippen LogP contribution >= 0.6 is 11.6 Å². The number of hydrogen-bond acceptors (Lipinski definition) is 4. The normalized spacial score (nSPS) is 11.1. The van der Waals surface area contributed by atoms with Gasteiger partial charge < -0.3 is 19.9 Å². The number of benzene rings is 1. The van der Waals surface area contributed by atoms with Crippen molar-refractivity contribution in [1.29, 1.82) is 0 Å². The average molecular weight is 413 g/mol. The summed E-state index contributed by atoms with van der Waals surface area (Å²) in [7, 11) is 3.68. The minimum absolute atomic E-state index is 0.142. The number of para-hydroxylation sites is 1. The molecule has 2 N–H and O–H groups in total. The molecule has 0 atom stereocenters. The van der Waals surface area contributed by atoms with Crippen LogP contribution in [0.3, 0.4) is 0 Å². The Morgan fingerprint density at radius 1 is 1.31 bits per heavy atom. The monoisotopic (exact) mass is 412 g/mol. The third-order valence-corrected chi connectivity index (χ3v) is 4.75. The van der Waals surface area contributed by atoms with Gasteiger partial charge in [-0.2, -0.15) is 0 Å². The van der Waals surface area contributed by atoms with Crippen LogP contribution in [0.1, 0.15) is 11.1 Å². The highest BCUT2D eigenvalue weighted by Gasteiger charge is 2.13. The quantitative estimate of drug-likeness (QED) is 0.581. The third kappa shape index (κ3) is 4.94. The Hall–Kier alpha value is -3.32. The van der Waals surface area contributed by atoms with Crippen LogP contribution in [-0.2, 0) is 23.2 Å². The first-order valence-electron chi connectivity index (χ1n) is 8.92. The summed E-state index contributed by atoms with van der Waals surface area (Å²) >= 11 is 6.29. The number of aromatic nitrogens is 2. The molecule has 0 radical (unpaired) electrons. The van der Waals surface area contributed by atoms with E-state index in [0.29, 0.717) is 17.4 Å². The minimum atomic E-state index is -0.960. The molecule has 2 heterocycles. The Labute approximate surface area is 173 Å².